The van der Waals surface area contributed by atoms with Crippen LogP contribution in [-0.2, 0) is 14.4 Å². The number of benzene rings is 4. The van der Waals surface area contributed by atoms with E-state index in [0.717, 1.165) is 16.3 Å². The topological polar surface area (TPSA) is 90.4 Å². The van der Waals surface area contributed by atoms with Crippen LogP contribution in [0, 0.1) is 11.8 Å². The van der Waals surface area contributed by atoms with Crippen molar-refractivity contribution in [3.63, 3.8) is 0 Å². The van der Waals surface area contributed by atoms with Gasteiger partial charge in [0, 0.05) is 29.7 Å². The van der Waals surface area contributed by atoms with E-state index in [-0.39, 0.29) is 42.7 Å². The Balaban J connectivity index is 1.32. The summed E-state index contributed by atoms with van der Waals surface area (Å²) in [6.07, 6.45) is 4.68. The van der Waals surface area contributed by atoms with E-state index in [9.17, 15) is 9.90 Å². The molecule has 0 aliphatic carbocycles. The van der Waals surface area contributed by atoms with Gasteiger partial charge >= 0.3 is 0 Å². The molecule has 0 aromatic heterocycles. The van der Waals surface area contributed by atoms with Crippen molar-refractivity contribution in [1.29, 1.82) is 0 Å². The zero-order valence-electron chi connectivity index (χ0n) is 28.8. The maximum absolute atomic E-state index is 15.3. The maximum atomic E-state index is 15.3. The number of rotatable bonds is 13. The summed E-state index contributed by atoms with van der Waals surface area (Å²) in [5, 5.41) is 12.9. The molecule has 3 aliphatic heterocycles. The third-order valence-electron chi connectivity index (χ3n) is 10.6. The van der Waals surface area contributed by atoms with Gasteiger partial charge in [-0.1, -0.05) is 72.8 Å². The first kappa shape index (κ1) is 34.6. The van der Waals surface area contributed by atoms with Crippen LogP contribution < -0.4 is 14.5 Å². The lowest BCUT2D eigenvalue weighted by atomic mass is 9.70. The van der Waals surface area contributed by atoms with Crippen molar-refractivity contribution in [2.75, 3.05) is 36.1 Å². The van der Waals surface area contributed by atoms with Gasteiger partial charge in [0.1, 0.15) is 11.8 Å². The highest BCUT2D eigenvalue weighted by Gasteiger charge is 2.75. The van der Waals surface area contributed by atoms with Gasteiger partial charge in [0.2, 0.25) is 11.8 Å². The van der Waals surface area contributed by atoms with Crippen LogP contribution >= 0.6 is 11.8 Å². The van der Waals surface area contributed by atoms with Crippen molar-refractivity contribution in [3.8, 4) is 5.75 Å². The summed E-state index contributed by atoms with van der Waals surface area (Å²) < 4.78 is 4.77. The Morgan fingerprint density at radius 1 is 0.922 bits per heavy atom. The monoisotopic (exact) mass is 701 g/mol. The number of nitrogens with zero attached hydrogens (tertiary/aromatic N) is 3. The first-order chi connectivity index (χ1) is 24.9. The average molecular weight is 702 g/mol. The van der Waals surface area contributed by atoms with Gasteiger partial charge in [0.05, 0.1) is 35.8 Å². The Morgan fingerprint density at radius 2 is 1.57 bits per heavy atom. The molecule has 3 fully saturated rings. The average Bonchev–Trinajstić information content (AvgIpc) is 3.81. The van der Waals surface area contributed by atoms with Gasteiger partial charge in [-0.25, -0.2) is 0 Å². The minimum Gasteiger partial charge on any atom is -0.494 e. The van der Waals surface area contributed by atoms with Crippen LogP contribution in [0.15, 0.2) is 122 Å². The lowest BCUT2D eigenvalue weighted by Crippen LogP contribution is -2.56. The maximum Gasteiger partial charge on any atom is 0.251 e. The van der Waals surface area contributed by atoms with E-state index in [0.29, 0.717) is 36.6 Å². The lowest BCUT2D eigenvalue weighted by molar-refractivity contribution is -0.142. The standard InChI is InChI=1S/C42H43N3O5S/c1-4-24-43(31-18-20-33(21-19-31)50-6-3)39(47)36-35-22-23-42(51-35)37(36)40(48)45(34(27-46)29-13-8-7-9-14-29)38(42)41(49)44(25-5-2)32-17-16-28-12-10-11-15-30(28)26-32/h4-5,7-21,26,34-38,46H,1-2,6,22-25,27H2,3H3/t34-,35-,36+,37+,38?,42?/m1/s1. The minimum atomic E-state index is -0.926. The molecule has 262 valence electrons. The van der Waals surface area contributed by atoms with E-state index in [1.54, 1.807) is 38.6 Å². The van der Waals surface area contributed by atoms with Crippen LogP contribution in [0.25, 0.3) is 10.8 Å². The Labute approximate surface area is 303 Å². The van der Waals surface area contributed by atoms with Crippen LogP contribution in [0.2, 0.25) is 0 Å². The van der Waals surface area contributed by atoms with Gasteiger partial charge in [-0.2, -0.15) is 0 Å². The van der Waals surface area contributed by atoms with E-state index >= 15 is 9.59 Å². The van der Waals surface area contributed by atoms with E-state index in [2.05, 4.69) is 13.2 Å². The Bertz CT molecular complexity index is 1950. The molecule has 3 heterocycles. The number of aliphatic hydroxyl groups is 1. The summed E-state index contributed by atoms with van der Waals surface area (Å²) in [6, 6.07) is 28.9. The number of hydrogen-bond acceptors (Lipinski definition) is 6. The van der Waals surface area contributed by atoms with Crippen molar-refractivity contribution in [3.05, 3.63) is 128 Å². The molecule has 2 unspecified atom stereocenters. The lowest BCUT2D eigenvalue weighted by Gasteiger charge is -2.40. The number of ether oxygens (including phenoxy) is 1. The predicted octanol–water partition coefficient (Wildman–Crippen LogP) is 6.80. The Kier molecular flexibility index (Phi) is 9.77. The smallest absolute Gasteiger partial charge is 0.251 e. The summed E-state index contributed by atoms with van der Waals surface area (Å²) in [5.41, 5.74) is 2.11. The van der Waals surface area contributed by atoms with Crippen LogP contribution in [0.1, 0.15) is 31.4 Å². The number of carbonyl (C=O) groups excluding carboxylic acids is 3. The highest BCUT2D eigenvalue weighted by atomic mass is 32.2. The first-order valence-corrected chi connectivity index (χ1v) is 18.5. The number of likely N-dealkylation sites (tertiary alicyclic amines) is 1. The first-order valence-electron chi connectivity index (χ1n) is 17.6. The molecule has 51 heavy (non-hydrogen) atoms. The van der Waals surface area contributed by atoms with Crippen LogP contribution in [0.3, 0.4) is 0 Å². The summed E-state index contributed by atoms with van der Waals surface area (Å²) in [6.45, 7) is 10.5. The molecule has 3 saturated heterocycles. The largest absolute Gasteiger partial charge is 0.494 e. The molecule has 6 atom stereocenters. The Hall–Kier alpha value is -4.86. The molecule has 1 N–H and O–H groups in total. The zero-order valence-corrected chi connectivity index (χ0v) is 29.6. The normalized spacial score (nSPS) is 23.9. The predicted molar refractivity (Wildman–Crippen MR) is 204 cm³/mol. The number of thioether (sulfide) groups is 1. The van der Waals surface area contributed by atoms with Crippen molar-refractivity contribution in [1.82, 2.24) is 4.90 Å². The molecule has 0 radical (unpaired) electrons. The van der Waals surface area contributed by atoms with Gasteiger partial charge in [0.25, 0.3) is 5.91 Å². The summed E-state index contributed by atoms with van der Waals surface area (Å²) in [7, 11) is 0. The molecular formula is C42H43N3O5S. The molecule has 1 spiro atoms. The molecule has 7 rings (SSSR count). The van der Waals surface area contributed by atoms with Crippen molar-refractivity contribution >= 4 is 51.6 Å². The van der Waals surface area contributed by atoms with Crippen LogP contribution in [0.5, 0.6) is 5.75 Å². The zero-order chi connectivity index (χ0) is 35.7. The molecule has 3 aliphatic rings. The molecule has 4 aromatic rings. The minimum absolute atomic E-state index is 0.142. The molecule has 8 nitrogen and oxygen atoms in total. The second kappa shape index (κ2) is 14.4. The number of fused-ring (bicyclic) bond motifs is 2. The van der Waals surface area contributed by atoms with Gasteiger partial charge in [-0.3, -0.25) is 14.4 Å². The number of amides is 3. The summed E-state index contributed by atoms with van der Waals surface area (Å²) in [5.74, 6) is -1.39. The molecule has 9 heteroatoms. The second-order valence-electron chi connectivity index (χ2n) is 13.3. The van der Waals surface area contributed by atoms with Gasteiger partial charge in [-0.05, 0) is 72.5 Å². The fourth-order valence-electron chi connectivity index (χ4n) is 8.48. The number of aliphatic hydroxyl groups excluding tert-OH is 1. The van der Waals surface area contributed by atoms with Crippen molar-refractivity contribution in [2.24, 2.45) is 11.8 Å². The van der Waals surface area contributed by atoms with Gasteiger partial charge in [-0.15, -0.1) is 24.9 Å². The number of carbonyl (C=O) groups is 3. The van der Waals surface area contributed by atoms with E-state index in [1.165, 1.54) is 0 Å². The third-order valence-corrected chi connectivity index (χ3v) is 12.6. The fourth-order valence-corrected chi connectivity index (χ4v) is 10.7. The van der Waals surface area contributed by atoms with E-state index < -0.39 is 28.7 Å². The van der Waals surface area contributed by atoms with Crippen molar-refractivity contribution < 1.29 is 24.2 Å². The molecule has 4 aromatic carbocycles. The van der Waals surface area contributed by atoms with E-state index in [4.69, 9.17) is 4.74 Å². The summed E-state index contributed by atoms with van der Waals surface area (Å²) in [4.78, 5) is 50.2. The van der Waals surface area contributed by atoms with Gasteiger partial charge < -0.3 is 24.5 Å². The van der Waals surface area contributed by atoms with Crippen LogP contribution in [-0.4, -0.2) is 70.1 Å². The van der Waals surface area contributed by atoms with Gasteiger partial charge in [0.15, 0.2) is 0 Å². The second-order valence-corrected chi connectivity index (χ2v) is 14.9. The molecule has 2 bridgehead atoms. The highest BCUT2D eigenvalue weighted by molar-refractivity contribution is 8.02. The Morgan fingerprint density at radius 3 is 2.24 bits per heavy atom. The fraction of sp³-hybridized carbons (Fsp3) is 0.310. The number of hydrogen-bond donors (Lipinski definition) is 1. The van der Waals surface area contributed by atoms with Crippen molar-refractivity contribution in [2.45, 2.75) is 41.8 Å². The molecule has 0 saturated carbocycles. The van der Waals surface area contributed by atoms with Crippen LogP contribution in [0.4, 0.5) is 11.4 Å². The molecule has 3 amide bonds. The number of anilines is 2. The molecular weight excluding hydrogens is 659 g/mol. The summed E-state index contributed by atoms with van der Waals surface area (Å²) >= 11 is 1.62. The third kappa shape index (κ3) is 5.92. The highest BCUT2D eigenvalue weighted by Crippen LogP contribution is 2.67. The SMILES string of the molecule is C=CCN(C(=O)C1N([C@H](CO)c2ccccc2)C(=O)[C@@H]2[C@@H](C(=O)N(CC=C)c3ccc(OCC)cc3)[C@H]3CCC12S3)c1ccc2ccccc2c1. The van der Waals surface area contributed by atoms with E-state index in [1.807, 2.05) is 104 Å². The quantitative estimate of drug-likeness (QED) is 0.154.